The Kier molecular flexibility index (Phi) is 15.9. The van der Waals surface area contributed by atoms with E-state index >= 15 is 0 Å². The average molecular weight is 534 g/mol. The molecule has 214 valence electrons. The highest BCUT2D eigenvalue weighted by Crippen LogP contribution is 2.37. The fourth-order valence-corrected chi connectivity index (χ4v) is 5.47. The zero-order valence-corrected chi connectivity index (χ0v) is 25.0. The second kappa shape index (κ2) is 19.2. The Morgan fingerprint density at radius 3 is 2.05 bits per heavy atom. The average Bonchev–Trinajstić information content (AvgIpc) is 2.98. The van der Waals surface area contributed by atoms with Crippen molar-refractivity contribution in [1.29, 1.82) is 5.26 Å². The number of benzene rings is 2. The number of nitriles is 1. The van der Waals surface area contributed by atoms with E-state index in [1.165, 1.54) is 56.9 Å². The largest absolute Gasteiger partial charge is 0.497 e. The van der Waals surface area contributed by atoms with Crippen molar-refractivity contribution in [3.63, 3.8) is 0 Å². The summed E-state index contributed by atoms with van der Waals surface area (Å²) in [6.45, 7) is 2.26. The Morgan fingerprint density at radius 2 is 1.41 bits per heavy atom. The molecule has 0 saturated heterocycles. The fraction of sp³-hybridized carbons (Fsp3) is 0.618. The molecular weight excluding hydrogens is 482 g/mol. The van der Waals surface area contributed by atoms with Gasteiger partial charge in [0.25, 0.3) is 0 Å². The topological polar surface area (TPSA) is 67.0 Å². The van der Waals surface area contributed by atoms with Crippen LogP contribution in [0.4, 0.5) is 0 Å². The van der Waals surface area contributed by atoms with Crippen LogP contribution in [-0.4, -0.2) is 27.3 Å². The van der Waals surface area contributed by atoms with Crippen molar-refractivity contribution in [2.24, 2.45) is 10.2 Å². The molecular formula is C34H51N3O2. The number of aryl methyl sites for hydroxylation is 1. The van der Waals surface area contributed by atoms with Crippen molar-refractivity contribution >= 4 is 0 Å². The molecule has 2 aromatic rings. The van der Waals surface area contributed by atoms with E-state index in [9.17, 15) is 5.26 Å². The molecule has 5 nitrogen and oxygen atoms in total. The maximum Gasteiger partial charge on any atom is 0.119 e. The van der Waals surface area contributed by atoms with Crippen molar-refractivity contribution in [2.75, 3.05) is 21.3 Å². The van der Waals surface area contributed by atoms with Crippen molar-refractivity contribution in [3.05, 3.63) is 59.7 Å². The smallest absolute Gasteiger partial charge is 0.119 e. The van der Waals surface area contributed by atoms with Crippen LogP contribution in [0.5, 0.6) is 11.5 Å². The number of unbranched alkanes of at least 4 members (excludes halogenated alkanes) is 8. The molecule has 0 saturated carbocycles. The predicted molar refractivity (Wildman–Crippen MR) is 162 cm³/mol. The Balaban J connectivity index is 1.98. The Bertz CT molecular complexity index is 1000. The van der Waals surface area contributed by atoms with Gasteiger partial charge >= 0.3 is 0 Å². The summed E-state index contributed by atoms with van der Waals surface area (Å²) < 4.78 is 10.9. The first-order valence-corrected chi connectivity index (χ1v) is 15.1. The molecule has 2 aromatic carbocycles. The van der Waals surface area contributed by atoms with Gasteiger partial charge in [0.2, 0.25) is 0 Å². The summed E-state index contributed by atoms with van der Waals surface area (Å²) in [5.41, 5.74) is 1.82. The molecule has 39 heavy (non-hydrogen) atoms. The third-order valence-electron chi connectivity index (χ3n) is 7.86. The minimum atomic E-state index is -0.504. The van der Waals surface area contributed by atoms with Crippen LogP contribution in [0.25, 0.3) is 0 Å². The summed E-state index contributed by atoms with van der Waals surface area (Å²) in [6.07, 6.45) is 17.0. The normalized spacial score (nSPS) is 13.6. The van der Waals surface area contributed by atoms with Gasteiger partial charge < -0.3 is 9.47 Å². The van der Waals surface area contributed by atoms with E-state index < -0.39 is 5.41 Å². The van der Waals surface area contributed by atoms with Crippen LogP contribution in [0, 0.1) is 11.3 Å². The van der Waals surface area contributed by atoms with Gasteiger partial charge in [0.15, 0.2) is 0 Å². The highest BCUT2D eigenvalue weighted by atomic mass is 16.5. The van der Waals surface area contributed by atoms with E-state index in [2.05, 4.69) is 47.5 Å². The van der Waals surface area contributed by atoms with Crippen molar-refractivity contribution in [1.82, 2.24) is 0 Å². The maximum atomic E-state index is 10.5. The second-order valence-electron chi connectivity index (χ2n) is 10.8. The van der Waals surface area contributed by atoms with E-state index in [0.717, 1.165) is 62.0 Å². The molecule has 0 aromatic heterocycles. The monoisotopic (exact) mass is 533 g/mol. The van der Waals surface area contributed by atoms with Crippen molar-refractivity contribution in [2.45, 2.75) is 115 Å². The Morgan fingerprint density at radius 1 is 0.795 bits per heavy atom. The van der Waals surface area contributed by atoms with Crippen molar-refractivity contribution in [3.8, 4) is 17.6 Å². The third kappa shape index (κ3) is 11.8. The van der Waals surface area contributed by atoms with Gasteiger partial charge in [-0.3, -0.25) is 0 Å². The Labute approximate surface area is 238 Å². The maximum absolute atomic E-state index is 10.5. The van der Waals surface area contributed by atoms with Crippen LogP contribution in [0.1, 0.15) is 108 Å². The van der Waals surface area contributed by atoms with E-state index in [1.807, 2.05) is 24.3 Å². The molecule has 2 rings (SSSR count). The summed E-state index contributed by atoms with van der Waals surface area (Å²) in [7, 11) is 5.14. The number of hydrogen-bond acceptors (Lipinski definition) is 5. The molecule has 0 amide bonds. The lowest BCUT2D eigenvalue weighted by Crippen LogP contribution is -2.25. The van der Waals surface area contributed by atoms with Crippen LogP contribution >= 0.6 is 0 Å². The molecule has 0 spiro atoms. The van der Waals surface area contributed by atoms with E-state index in [0.29, 0.717) is 0 Å². The summed E-state index contributed by atoms with van der Waals surface area (Å²) in [6, 6.07) is 19.3. The number of ether oxygens (including phenoxy) is 2. The van der Waals surface area contributed by atoms with Gasteiger partial charge in [-0.2, -0.15) is 15.5 Å². The minimum absolute atomic E-state index is 0.149. The number of rotatable bonds is 21. The first-order chi connectivity index (χ1) is 19.1. The van der Waals surface area contributed by atoms with Crippen LogP contribution in [0.3, 0.4) is 0 Å². The molecule has 2 atom stereocenters. The van der Waals surface area contributed by atoms with E-state index in [-0.39, 0.29) is 6.04 Å². The predicted octanol–water partition coefficient (Wildman–Crippen LogP) is 9.64. The van der Waals surface area contributed by atoms with Crippen molar-refractivity contribution < 1.29 is 9.47 Å². The number of azo groups is 1. The molecule has 2 unspecified atom stereocenters. The lowest BCUT2D eigenvalue weighted by Gasteiger charge is -2.28. The second-order valence-corrected chi connectivity index (χ2v) is 10.8. The van der Waals surface area contributed by atoms with Gasteiger partial charge in [0.05, 0.1) is 31.7 Å². The van der Waals surface area contributed by atoms with Crippen LogP contribution in [-0.2, 0) is 11.8 Å². The first kappa shape index (κ1) is 32.3. The van der Waals surface area contributed by atoms with Gasteiger partial charge in [-0.25, -0.2) is 0 Å². The van der Waals surface area contributed by atoms with Gasteiger partial charge in [0, 0.05) is 7.05 Å². The number of hydrogen-bond donors (Lipinski definition) is 0. The van der Waals surface area contributed by atoms with Gasteiger partial charge in [-0.1, -0.05) is 89.0 Å². The standard InChI is InChI=1S/C34H51N3O2/c1-5-6-7-8-9-10-11-12-13-24-34(28-35,30-18-15-21-33(27-30)39-4)25-16-19-31(37-36-2)23-22-29-17-14-20-32(26-29)38-3/h14-15,17-18,20-21,26-27,31H,5-13,16,19,22-25H2,1-4H3/b37-36+. The summed E-state index contributed by atoms with van der Waals surface area (Å²) in [4.78, 5) is 0. The molecule has 0 N–H and O–H groups in total. The lowest BCUT2D eigenvalue weighted by atomic mass is 9.73. The molecule has 0 fully saturated rings. The molecule has 5 heteroatoms. The molecule has 0 aliphatic carbocycles. The van der Waals surface area contributed by atoms with Gasteiger partial charge in [-0.15, -0.1) is 0 Å². The van der Waals surface area contributed by atoms with Gasteiger partial charge in [0.1, 0.15) is 11.5 Å². The first-order valence-electron chi connectivity index (χ1n) is 15.1. The lowest BCUT2D eigenvalue weighted by molar-refractivity contribution is 0.392. The fourth-order valence-electron chi connectivity index (χ4n) is 5.47. The summed E-state index contributed by atoms with van der Waals surface area (Å²) in [5.74, 6) is 1.70. The molecule has 0 heterocycles. The number of nitrogens with zero attached hydrogens (tertiary/aromatic N) is 3. The van der Waals surface area contributed by atoms with E-state index in [4.69, 9.17) is 9.47 Å². The van der Waals surface area contributed by atoms with Crippen LogP contribution in [0.15, 0.2) is 58.8 Å². The van der Waals surface area contributed by atoms with Crippen LogP contribution in [0.2, 0.25) is 0 Å². The quantitative estimate of drug-likeness (QED) is 0.118. The highest BCUT2D eigenvalue weighted by Gasteiger charge is 2.32. The summed E-state index contributed by atoms with van der Waals surface area (Å²) in [5, 5.41) is 19.2. The zero-order valence-electron chi connectivity index (χ0n) is 25.0. The zero-order chi connectivity index (χ0) is 28.2. The molecule has 0 bridgehead atoms. The van der Waals surface area contributed by atoms with Crippen LogP contribution < -0.4 is 9.47 Å². The Hall–Kier alpha value is -2.87. The van der Waals surface area contributed by atoms with E-state index in [1.54, 1.807) is 21.3 Å². The summed E-state index contributed by atoms with van der Waals surface area (Å²) >= 11 is 0. The SMILES string of the molecule is CCCCCCCCCCCC(C#N)(CCCC(CCc1cccc(OC)c1)/N=N/C)c1cccc(OC)c1. The number of methoxy groups -OCH3 is 2. The van der Waals surface area contributed by atoms with Gasteiger partial charge in [-0.05, 0) is 73.9 Å². The third-order valence-corrected chi connectivity index (χ3v) is 7.86. The highest BCUT2D eigenvalue weighted by molar-refractivity contribution is 5.38. The molecule has 0 aliphatic rings. The molecule has 0 aliphatic heterocycles. The minimum Gasteiger partial charge on any atom is -0.497 e. The molecule has 0 radical (unpaired) electrons.